The first-order valence-corrected chi connectivity index (χ1v) is 6.17. The Morgan fingerprint density at radius 3 is 2.89 bits per heavy atom. The number of carbonyl (C=O) groups is 1. The van der Waals surface area contributed by atoms with Crippen LogP contribution in [0.4, 0.5) is 5.82 Å². The lowest BCUT2D eigenvalue weighted by Crippen LogP contribution is -2.33. The van der Waals surface area contributed by atoms with Crippen molar-refractivity contribution in [1.82, 2.24) is 10.3 Å². The van der Waals surface area contributed by atoms with E-state index in [4.69, 9.17) is 18.0 Å². The highest BCUT2D eigenvalue weighted by molar-refractivity contribution is 7.80. The van der Waals surface area contributed by atoms with E-state index in [0.29, 0.717) is 23.8 Å². The van der Waals surface area contributed by atoms with Gasteiger partial charge in [0.2, 0.25) is 5.91 Å². The van der Waals surface area contributed by atoms with Crippen LogP contribution >= 0.6 is 12.2 Å². The molecule has 0 fully saturated rings. The van der Waals surface area contributed by atoms with E-state index in [9.17, 15) is 4.79 Å². The van der Waals surface area contributed by atoms with E-state index >= 15 is 0 Å². The molecule has 18 heavy (non-hydrogen) atoms. The standard InChI is InChI=1S/C12H18N4OS/c1-8(2)6-15-10(17)7-16-12-9(11(13)18)4-3-5-14-12/h3-5,8H,6-7H2,1-2H3,(H2,13,18)(H,14,16)(H,15,17). The van der Waals surface area contributed by atoms with Gasteiger partial charge in [-0.25, -0.2) is 4.98 Å². The molecule has 0 atom stereocenters. The molecule has 0 spiro atoms. The molecule has 1 aromatic rings. The topological polar surface area (TPSA) is 80.0 Å². The van der Waals surface area contributed by atoms with Gasteiger partial charge in [0.15, 0.2) is 0 Å². The third kappa shape index (κ3) is 4.67. The molecule has 0 aromatic carbocycles. The van der Waals surface area contributed by atoms with Gasteiger partial charge < -0.3 is 16.4 Å². The molecule has 1 rings (SSSR count). The third-order valence-corrected chi connectivity index (χ3v) is 2.42. The number of pyridine rings is 1. The normalized spacial score (nSPS) is 10.2. The summed E-state index contributed by atoms with van der Waals surface area (Å²) in [5.41, 5.74) is 6.21. The zero-order valence-corrected chi connectivity index (χ0v) is 11.4. The number of hydrogen-bond acceptors (Lipinski definition) is 4. The Morgan fingerprint density at radius 2 is 2.28 bits per heavy atom. The van der Waals surface area contributed by atoms with E-state index in [1.807, 2.05) is 13.8 Å². The molecule has 5 nitrogen and oxygen atoms in total. The first-order valence-electron chi connectivity index (χ1n) is 5.76. The van der Waals surface area contributed by atoms with Crippen molar-refractivity contribution in [2.45, 2.75) is 13.8 Å². The zero-order valence-electron chi connectivity index (χ0n) is 10.6. The summed E-state index contributed by atoms with van der Waals surface area (Å²) in [5.74, 6) is 0.879. The number of thiocarbonyl (C=S) groups is 1. The fourth-order valence-corrected chi connectivity index (χ4v) is 1.45. The molecule has 6 heteroatoms. The number of anilines is 1. The average Bonchev–Trinajstić information content (AvgIpc) is 2.34. The first-order chi connectivity index (χ1) is 8.50. The monoisotopic (exact) mass is 266 g/mol. The maximum atomic E-state index is 11.5. The van der Waals surface area contributed by atoms with Gasteiger partial charge in [-0.3, -0.25) is 4.79 Å². The summed E-state index contributed by atoms with van der Waals surface area (Å²) in [6.07, 6.45) is 1.62. The number of amides is 1. The number of carbonyl (C=O) groups excluding carboxylic acids is 1. The largest absolute Gasteiger partial charge is 0.389 e. The summed E-state index contributed by atoms with van der Waals surface area (Å²) < 4.78 is 0. The number of nitrogens with one attached hydrogen (secondary N) is 2. The van der Waals surface area contributed by atoms with Gasteiger partial charge in [-0.1, -0.05) is 26.1 Å². The molecule has 0 unspecified atom stereocenters. The number of nitrogens with two attached hydrogens (primary N) is 1. The fourth-order valence-electron chi connectivity index (χ4n) is 1.29. The Labute approximate surface area is 112 Å². The minimum Gasteiger partial charge on any atom is -0.389 e. The van der Waals surface area contributed by atoms with Crippen LogP contribution in [0.5, 0.6) is 0 Å². The summed E-state index contributed by atoms with van der Waals surface area (Å²) in [6, 6.07) is 3.52. The molecular weight excluding hydrogens is 248 g/mol. The van der Waals surface area contributed by atoms with Gasteiger partial charge in [-0.15, -0.1) is 0 Å². The Balaban J connectivity index is 2.53. The summed E-state index contributed by atoms with van der Waals surface area (Å²) in [4.78, 5) is 15.9. The van der Waals surface area contributed by atoms with Crippen LogP contribution in [0.25, 0.3) is 0 Å². The molecule has 98 valence electrons. The Hall–Kier alpha value is -1.69. The van der Waals surface area contributed by atoms with Crippen LogP contribution in [0.2, 0.25) is 0 Å². The molecule has 1 heterocycles. The molecular formula is C12H18N4OS. The molecule has 0 bridgehead atoms. The van der Waals surface area contributed by atoms with Crippen molar-refractivity contribution in [3.05, 3.63) is 23.9 Å². The number of nitrogens with zero attached hydrogens (tertiary/aromatic N) is 1. The van der Waals surface area contributed by atoms with Gasteiger partial charge in [-0.05, 0) is 18.1 Å². The van der Waals surface area contributed by atoms with Crippen molar-refractivity contribution in [2.24, 2.45) is 11.7 Å². The highest BCUT2D eigenvalue weighted by atomic mass is 32.1. The van der Waals surface area contributed by atoms with Crippen LogP contribution in [0.15, 0.2) is 18.3 Å². The van der Waals surface area contributed by atoms with Gasteiger partial charge in [0.1, 0.15) is 10.8 Å². The molecule has 0 aliphatic rings. The minimum absolute atomic E-state index is 0.0803. The second-order valence-electron chi connectivity index (χ2n) is 4.32. The molecule has 0 saturated carbocycles. The van der Waals surface area contributed by atoms with Crippen LogP contribution in [-0.4, -0.2) is 29.0 Å². The Bertz CT molecular complexity index is 434. The van der Waals surface area contributed by atoms with E-state index in [1.54, 1.807) is 18.3 Å². The summed E-state index contributed by atoms with van der Waals surface area (Å²) in [7, 11) is 0. The predicted octanol–water partition coefficient (Wildman–Crippen LogP) is 0.900. The van der Waals surface area contributed by atoms with E-state index in [0.717, 1.165) is 0 Å². The molecule has 1 aromatic heterocycles. The molecule has 0 saturated heterocycles. The summed E-state index contributed by atoms with van der Waals surface area (Å²) in [6.45, 7) is 4.89. The van der Waals surface area contributed by atoms with Gasteiger partial charge >= 0.3 is 0 Å². The molecule has 0 aliphatic carbocycles. The van der Waals surface area contributed by atoms with Gasteiger partial charge in [0, 0.05) is 12.7 Å². The highest BCUT2D eigenvalue weighted by Gasteiger charge is 2.07. The number of hydrogen-bond donors (Lipinski definition) is 3. The second-order valence-corrected chi connectivity index (χ2v) is 4.76. The lowest BCUT2D eigenvalue weighted by Gasteiger charge is -2.11. The van der Waals surface area contributed by atoms with E-state index in [1.165, 1.54) is 0 Å². The van der Waals surface area contributed by atoms with Crippen molar-refractivity contribution in [3.63, 3.8) is 0 Å². The van der Waals surface area contributed by atoms with Gasteiger partial charge in [0.25, 0.3) is 0 Å². The maximum Gasteiger partial charge on any atom is 0.239 e. The van der Waals surface area contributed by atoms with Gasteiger partial charge in [-0.2, -0.15) is 0 Å². The fraction of sp³-hybridized carbons (Fsp3) is 0.417. The minimum atomic E-state index is -0.0803. The summed E-state index contributed by atoms with van der Waals surface area (Å²) >= 11 is 4.91. The van der Waals surface area contributed by atoms with E-state index < -0.39 is 0 Å². The number of rotatable bonds is 6. The molecule has 0 radical (unpaired) electrons. The average molecular weight is 266 g/mol. The highest BCUT2D eigenvalue weighted by Crippen LogP contribution is 2.10. The quantitative estimate of drug-likeness (QED) is 0.667. The van der Waals surface area contributed by atoms with Crippen molar-refractivity contribution in [1.29, 1.82) is 0 Å². The maximum absolute atomic E-state index is 11.5. The first kappa shape index (κ1) is 14.4. The van der Waals surface area contributed by atoms with E-state index in [2.05, 4.69) is 15.6 Å². The smallest absolute Gasteiger partial charge is 0.239 e. The van der Waals surface area contributed by atoms with Crippen molar-refractivity contribution < 1.29 is 4.79 Å². The van der Waals surface area contributed by atoms with Crippen LogP contribution in [0.3, 0.4) is 0 Å². The van der Waals surface area contributed by atoms with Crippen molar-refractivity contribution >= 4 is 28.9 Å². The summed E-state index contributed by atoms with van der Waals surface area (Å²) in [5, 5.41) is 5.74. The lowest BCUT2D eigenvalue weighted by molar-refractivity contribution is -0.119. The Kier molecular flexibility index (Phi) is 5.51. The van der Waals surface area contributed by atoms with Crippen LogP contribution in [0.1, 0.15) is 19.4 Å². The van der Waals surface area contributed by atoms with Crippen LogP contribution < -0.4 is 16.4 Å². The lowest BCUT2D eigenvalue weighted by atomic mass is 10.2. The molecule has 4 N–H and O–H groups in total. The van der Waals surface area contributed by atoms with Crippen LogP contribution in [-0.2, 0) is 4.79 Å². The molecule has 1 amide bonds. The van der Waals surface area contributed by atoms with Crippen LogP contribution in [0, 0.1) is 5.92 Å². The zero-order chi connectivity index (χ0) is 13.5. The Morgan fingerprint density at radius 1 is 1.56 bits per heavy atom. The van der Waals surface area contributed by atoms with E-state index in [-0.39, 0.29) is 17.4 Å². The number of aromatic nitrogens is 1. The molecule has 0 aliphatic heterocycles. The van der Waals surface area contributed by atoms with Crippen molar-refractivity contribution in [2.75, 3.05) is 18.4 Å². The van der Waals surface area contributed by atoms with Crippen molar-refractivity contribution in [3.8, 4) is 0 Å². The third-order valence-electron chi connectivity index (χ3n) is 2.20. The second kappa shape index (κ2) is 6.90. The SMILES string of the molecule is CC(C)CNC(=O)CNc1ncccc1C(N)=S. The van der Waals surface area contributed by atoms with Gasteiger partial charge in [0.05, 0.1) is 12.1 Å². The predicted molar refractivity (Wildman–Crippen MR) is 76.5 cm³/mol.